The van der Waals surface area contributed by atoms with Gasteiger partial charge in [0.25, 0.3) is 0 Å². The number of hydrogen-bond acceptors (Lipinski definition) is 6. The molecule has 1 amide bonds. The minimum atomic E-state index is -0.387. The molecule has 2 heterocycles. The largest absolute Gasteiger partial charge is 0.444 e. The third kappa shape index (κ3) is 4.00. The average Bonchev–Trinajstić information content (AvgIpc) is 3.12. The van der Waals surface area contributed by atoms with Crippen LogP contribution in [-0.2, 0) is 21.4 Å². The van der Waals surface area contributed by atoms with E-state index < -0.39 is 0 Å². The third-order valence-electron chi connectivity index (χ3n) is 4.85. The number of rotatable bonds is 6. The Hall–Kier alpha value is -2.12. The minimum Gasteiger partial charge on any atom is -0.444 e. The van der Waals surface area contributed by atoms with Gasteiger partial charge in [0, 0.05) is 5.41 Å². The highest BCUT2D eigenvalue weighted by atomic mass is 32.2. The molecule has 1 fully saturated rings. The zero-order valence-corrected chi connectivity index (χ0v) is 17.8. The van der Waals surface area contributed by atoms with Crippen LogP contribution in [0.25, 0.3) is 0 Å². The zero-order valence-electron chi connectivity index (χ0n) is 16.2. The van der Waals surface area contributed by atoms with Gasteiger partial charge < -0.3 is 9.73 Å². The molecule has 1 aromatic carbocycles. The molecule has 1 aliphatic carbocycles. The topological polar surface area (TPSA) is 68.0 Å². The molecule has 0 aliphatic heterocycles. The van der Waals surface area contributed by atoms with E-state index >= 15 is 0 Å². The summed E-state index contributed by atoms with van der Waals surface area (Å²) in [6.45, 7) is 6.31. The number of aromatic nitrogens is 2. The number of carbonyl (C=O) groups is 1. The van der Waals surface area contributed by atoms with Crippen molar-refractivity contribution in [3.63, 3.8) is 0 Å². The maximum Gasteiger partial charge on any atom is 0.236 e. The van der Waals surface area contributed by atoms with Crippen molar-refractivity contribution in [2.45, 2.75) is 54.4 Å². The van der Waals surface area contributed by atoms with Crippen molar-refractivity contribution < 1.29 is 9.21 Å². The van der Waals surface area contributed by atoms with Crippen LogP contribution in [0, 0.1) is 0 Å². The second kappa shape index (κ2) is 7.37. The van der Waals surface area contributed by atoms with Crippen molar-refractivity contribution in [3.05, 3.63) is 59.9 Å². The normalized spacial score (nSPS) is 15.4. The minimum absolute atomic E-state index is 0.0344. The number of carbonyl (C=O) groups excluding carboxylic acids is 1. The number of anilines is 1. The molecule has 7 heteroatoms. The van der Waals surface area contributed by atoms with Crippen molar-refractivity contribution in [2.24, 2.45) is 0 Å². The second-order valence-corrected chi connectivity index (χ2v) is 10.3. The number of benzene rings is 1. The number of nitrogens with one attached hydrogen (secondary N) is 1. The summed E-state index contributed by atoms with van der Waals surface area (Å²) in [5, 5.41) is 3.64. The van der Waals surface area contributed by atoms with E-state index in [-0.39, 0.29) is 16.7 Å². The summed E-state index contributed by atoms with van der Waals surface area (Å²) in [4.78, 5) is 21.5. The maximum atomic E-state index is 12.8. The number of thiazole rings is 1. The number of thioether (sulfide) groups is 1. The summed E-state index contributed by atoms with van der Waals surface area (Å²) in [5.41, 5.74) is 0.647. The zero-order chi connectivity index (χ0) is 19.8. The van der Waals surface area contributed by atoms with Crippen LogP contribution in [-0.4, -0.2) is 15.9 Å². The molecule has 0 bridgehead atoms. The Kier molecular flexibility index (Phi) is 5.05. The van der Waals surface area contributed by atoms with Crippen LogP contribution >= 0.6 is 23.1 Å². The van der Waals surface area contributed by atoms with E-state index in [0.29, 0.717) is 16.8 Å². The third-order valence-corrected chi connectivity index (χ3v) is 6.94. The first-order chi connectivity index (χ1) is 13.4. The first kappa shape index (κ1) is 19.2. The van der Waals surface area contributed by atoms with Crippen molar-refractivity contribution in [1.82, 2.24) is 9.97 Å². The highest BCUT2D eigenvalue weighted by Gasteiger charge is 2.51. The lowest BCUT2D eigenvalue weighted by Crippen LogP contribution is -2.27. The van der Waals surface area contributed by atoms with Crippen molar-refractivity contribution in [2.75, 3.05) is 5.32 Å². The molecule has 28 heavy (non-hydrogen) atoms. The van der Waals surface area contributed by atoms with Gasteiger partial charge in [0.1, 0.15) is 5.76 Å². The van der Waals surface area contributed by atoms with Gasteiger partial charge >= 0.3 is 0 Å². The van der Waals surface area contributed by atoms with Gasteiger partial charge in [-0.25, -0.2) is 9.97 Å². The maximum absolute atomic E-state index is 12.8. The fraction of sp³-hybridized carbons (Fsp3) is 0.381. The van der Waals surface area contributed by atoms with Gasteiger partial charge in [-0.1, -0.05) is 62.4 Å². The van der Waals surface area contributed by atoms with Crippen LogP contribution in [0.2, 0.25) is 0 Å². The van der Waals surface area contributed by atoms with E-state index in [1.54, 1.807) is 24.2 Å². The van der Waals surface area contributed by atoms with E-state index in [0.717, 1.165) is 28.4 Å². The predicted molar refractivity (Wildman–Crippen MR) is 113 cm³/mol. The summed E-state index contributed by atoms with van der Waals surface area (Å²) >= 11 is 3.10. The van der Waals surface area contributed by atoms with Crippen LogP contribution in [0.4, 0.5) is 5.13 Å². The Balaban J connectivity index is 1.36. The first-order valence-corrected chi connectivity index (χ1v) is 11.1. The van der Waals surface area contributed by atoms with Gasteiger partial charge in [0.05, 0.1) is 27.8 Å². The van der Waals surface area contributed by atoms with Crippen LogP contribution < -0.4 is 5.32 Å². The van der Waals surface area contributed by atoms with Gasteiger partial charge in [0.15, 0.2) is 5.13 Å². The lowest BCUT2D eigenvalue weighted by molar-refractivity contribution is -0.118. The molecular formula is C21H23N3O2S2. The van der Waals surface area contributed by atoms with E-state index in [1.165, 1.54) is 11.3 Å². The molecule has 1 saturated carbocycles. The fourth-order valence-electron chi connectivity index (χ4n) is 2.99. The van der Waals surface area contributed by atoms with Crippen LogP contribution in [0.3, 0.4) is 0 Å². The molecule has 3 aromatic rings. The van der Waals surface area contributed by atoms with Gasteiger partial charge in [-0.2, -0.15) is 0 Å². The Bertz CT molecular complexity index is 969. The molecule has 0 radical (unpaired) electrons. The molecule has 0 unspecified atom stereocenters. The van der Waals surface area contributed by atoms with Crippen molar-refractivity contribution in [3.8, 4) is 0 Å². The monoisotopic (exact) mass is 413 g/mol. The first-order valence-electron chi connectivity index (χ1n) is 9.28. The Morgan fingerprint density at radius 2 is 1.96 bits per heavy atom. The predicted octanol–water partition coefficient (Wildman–Crippen LogP) is 5.39. The van der Waals surface area contributed by atoms with Crippen molar-refractivity contribution >= 4 is 34.1 Å². The molecule has 1 aliphatic rings. The van der Waals surface area contributed by atoms with Crippen LogP contribution in [0.1, 0.15) is 50.8 Å². The Labute approximate surface area is 173 Å². The Morgan fingerprint density at radius 3 is 2.61 bits per heavy atom. The molecule has 0 atom stereocenters. The van der Waals surface area contributed by atoms with E-state index in [9.17, 15) is 4.79 Å². The number of oxazole rings is 1. The van der Waals surface area contributed by atoms with Crippen molar-refractivity contribution in [1.29, 1.82) is 0 Å². The highest BCUT2D eigenvalue weighted by molar-refractivity contribution is 8.00. The van der Waals surface area contributed by atoms with Crippen LogP contribution in [0.5, 0.6) is 0 Å². The standard InChI is InChI=1S/C21H23N3O2S2/c1-20(2,3)15-11-22-16(26-15)13-27-17-12-23-19(28-17)24-18(25)21(9-10-21)14-7-5-4-6-8-14/h4-8,11-12H,9-10,13H2,1-3H3,(H,23,24,25). The van der Waals surface area contributed by atoms with E-state index in [1.807, 2.05) is 30.3 Å². The molecule has 146 valence electrons. The molecule has 1 N–H and O–H groups in total. The molecule has 2 aromatic heterocycles. The summed E-state index contributed by atoms with van der Waals surface area (Å²) in [5.74, 6) is 2.26. The number of nitrogens with zero attached hydrogens (tertiary/aromatic N) is 2. The smallest absolute Gasteiger partial charge is 0.236 e. The van der Waals surface area contributed by atoms with E-state index in [4.69, 9.17) is 4.42 Å². The van der Waals surface area contributed by atoms with Gasteiger partial charge in [-0.05, 0) is 18.4 Å². The molecular weight excluding hydrogens is 390 g/mol. The van der Waals surface area contributed by atoms with Gasteiger partial charge in [0.2, 0.25) is 11.8 Å². The number of hydrogen-bond donors (Lipinski definition) is 1. The average molecular weight is 414 g/mol. The lowest BCUT2D eigenvalue weighted by atomic mass is 9.94. The molecule has 0 spiro atoms. The Morgan fingerprint density at radius 1 is 1.21 bits per heavy atom. The highest BCUT2D eigenvalue weighted by Crippen LogP contribution is 2.49. The molecule has 4 rings (SSSR count). The lowest BCUT2D eigenvalue weighted by Gasteiger charge is -2.14. The van der Waals surface area contributed by atoms with E-state index in [2.05, 4.69) is 36.1 Å². The quantitative estimate of drug-likeness (QED) is 0.549. The SMILES string of the molecule is CC(C)(C)c1cnc(CSc2cnc(NC(=O)C3(c4ccccc4)CC3)s2)o1. The number of amides is 1. The summed E-state index contributed by atoms with van der Waals surface area (Å²) < 4.78 is 6.85. The summed E-state index contributed by atoms with van der Waals surface area (Å²) in [6, 6.07) is 9.99. The summed E-state index contributed by atoms with van der Waals surface area (Å²) in [6.07, 6.45) is 5.36. The second-order valence-electron chi connectivity index (χ2n) is 8.04. The fourth-order valence-corrected chi connectivity index (χ4v) is 4.71. The van der Waals surface area contributed by atoms with Crippen LogP contribution in [0.15, 0.2) is 51.4 Å². The summed E-state index contributed by atoms with van der Waals surface area (Å²) in [7, 11) is 0. The van der Waals surface area contributed by atoms with Gasteiger partial charge in [-0.3, -0.25) is 4.79 Å². The molecule has 5 nitrogen and oxygen atoms in total. The van der Waals surface area contributed by atoms with Gasteiger partial charge in [-0.15, -0.1) is 11.8 Å². The molecule has 0 saturated heterocycles.